The fraction of sp³-hybridized carbons (Fsp3) is 0.231. The predicted molar refractivity (Wildman–Crippen MR) is 125 cm³/mol. The van der Waals surface area contributed by atoms with Crippen LogP contribution in [0, 0.1) is 0 Å². The van der Waals surface area contributed by atoms with Gasteiger partial charge in [-0.3, -0.25) is 9.59 Å². The molecule has 0 radical (unpaired) electrons. The van der Waals surface area contributed by atoms with E-state index in [1.54, 1.807) is 54.6 Å². The molecule has 0 aromatic heterocycles. The average Bonchev–Trinajstić information content (AvgIpc) is 3.36. The number of nitrogens with one attached hydrogen (secondary N) is 1. The van der Waals surface area contributed by atoms with Gasteiger partial charge in [0.1, 0.15) is 6.61 Å². The molecule has 1 amide bonds. The summed E-state index contributed by atoms with van der Waals surface area (Å²) in [7, 11) is -3.88. The van der Waals surface area contributed by atoms with Crippen LogP contribution in [0.1, 0.15) is 41.6 Å². The number of para-hydroxylation sites is 1. The van der Waals surface area contributed by atoms with Gasteiger partial charge in [-0.1, -0.05) is 61.4 Å². The van der Waals surface area contributed by atoms with Crippen molar-refractivity contribution >= 4 is 27.4 Å². The van der Waals surface area contributed by atoms with Gasteiger partial charge in [0, 0.05) is 11.3 Å². The molecule has 0 aliphatic heterocycles. The third-order valence-electron chi connectivity index (χ3n) is 5.97. The lowest BCUT2D eigenvalue weighted by Gasteiger charge is -2.26. The second kappa shape index (κ2) is 9.58. The third kappa shape index (κ3) is 4.68. The lowest BCUT2D eigenvalue weighted by molar-refractivity contribution is -0.148. The van der Waals surface area contributed by atoms with Gasteiger partial charge in [-0.25, -0.2) is 8.42 Å². The van der Waals surface area contributed by atoms with Crippen LogP contribution in [0.25, 0.3) is 0 Å². The zero-order chi connectivity index (χ0) is 23.3. The highest BCUT2D eigenvalue weighted by atomic mass is 32.2. The molecule has 170 valence electrons. The van der Waals surface area contributed by atoms with E-state index in [-0.39, 0.29) is 30.3 Å². The fourth-order valence-electron chi connectivity index (χ4n) is 4.11. The maximum Gasteiger partial charge on any atom is 0.328 e. The summed E-state index contributed by atoms with van der Waals surface area (Å²) in [5.41, 5.74) is 1.83. The molecular weight excluding hydrogens is 438 g/mol. The minimum absolute atomic E-state index is 0.0640. The first-order valence-corrected chi connectivity index (χ1v) is 12.3. The Morgan fingerprint density at radius 3 is 2.00 bits per heavy atom. The molecule has 0 unspecified atom stereocenters. The molecule has 1 aliphatic carbocycles. The van der Waals surface area contributed by atoms with Crippen molar-refractivity contribution in [3.63, 3.8) is 0 Å². The van der Waals surface area contributed by atoms with E-state index in [9.17, 15) is 18.0 Å². The van der Waals surface area contributed by atoms with Crippen molar-refractivity contribution in [1.82, 2.24) is 0 Å². The molecule has 3 aromatic rings. The van der Waals surface area contributed by atoms with Crippen molar-refractivity contribution < 1.29 is 22.7 Å². The highest BCUT2D eigenvalue weighted by Gasteiger charge is 2.54. The summed E-state index contributed by atoms with van der Waals surface area (Å²) in [5.74, 6) is -0.960. The van der Waals surface area contributed by atoms with Gasteiger partial charge in [0.15, 0.2) is 14.6 Å². The first-order chi connectivity index (χ1) is 15.9. The van der Waals surface area contributed by atoms with Crippen LogP contribution in [0.2, 0.25) is 0 Å². The molecule has 1 N–H and O–H groups in total. The number of anilines is 1. The topological polar surface area (TPSA) is 89.5 Å². The molecule has 0 bridgehead atoms. The quantitative estimate of drug-likeness (QED) is 0.510. The first kappa shape index (κ1) is 22.7. The number of hydrogen-bond acceptors (Lipinski definition) is 5. The molecule has 0 atom stereocenters. The summed E-state index contributed by atoms with van der Waals surface area (Å²) >= 11 is 0. The Labute approximate surface area is 193 Å². The molecule has 0 saturated heterocycles. The van der Waals surface area contributed by atoms with Gasteiger partial charge in [0.2, 0.25) is 0 Å². The predicted octanol–water partition coefficient (Wildman–Crippen LogP) is 4.77. The molecule has 0 heterocycles. The number of carbonyl (C=O) groups is 2. The van der Waals surface area contributed by atoms with Gasteiger partial charge >= 0.3 is 5.97 Å². The van der Waals surface area contributed by atoms with E-state index in [4.69, 9.17) is 4.74 Å². The number of ether oxygens (including phenoxy) is 1. The third-order valence-corrected chi connectivity index (χ3v) is 8.47. The van der Waals surface area contributed by atoms with E-state index in [1.807, 2.05) is 18.2 Å². The van der Waals surface area contributed by atoms with Gasteiger partial charge in [0.25, 0.3) is 5.91 Å². The Hall–Kier alpha value is -3.45. The number of esters is 1. The standard InChI is InChI=1S/C26H25NO5S/c28-24(27-22-9-3-1-4-10-22)21-15-13-20(14-16-21)19-32-25(29)26(17-7-8-18-26)33(30,31)23-11-5-2-6-12-23/h1-6,9-16H,7-8,17-19H2,(H,27,28). The normalized spacial score (nSPS) is 15.0. The minimum atomic E-state index is -3.88. The van der Waals surface area contributed by atoms with Gasteiger partial charge in [-0.05, 0) is 54.8 Å². The van der Waals surface area contributed by atoms with Crippen molar-refractivity contribution in [3.8, 4) is 0 Å². The molecule has 1 fully saturated rings. The second-order valence-corrected chi connectivity index (χ2v) is 10.4. The maximum atomic E-state index is 13.3. The van der Waals surface area contributed by atoms with Crippen LogP contribution in [0.4, 0.5) is 5.69 Å². The minimum Gasteiger partial charge on any atom is -0.460 e. The SMILES string of the molecule is O=C(Nc1ccccc1)c1ccc(COC(=O)C2(S(=O)(=O)c3ccccc3)CCCC2)cc1. The van der Waals surface area contributed by atoms with Gasteiger partial charge in [0.05, 0.1) is 4.90 Å². The molecule has 33 heavy (non-hydrogen) atoms. The summed E-state index contributed by atoms with van der Waals surface area (Å²) < 4.78 is 30.6. The van der Waals surface area contributed by atoms with Crippen molar-refractivity contribution in [1.29, 1.82) is 0 Å². The Balaban J connectivity index is 1.44. The number of sulfone groups is 1. The number of carbonyl (C=O) groups excluding carboxylic acids is 2. The summed E-state index contributed by atoms with van der Waals surface area (Å²) in [6.45, 7) is -0.0640. The van der Waals surface area contributed by atoms with Crippen molar-refractivity contribution in [2.75, 3.05) is 5.32 Å². The monoisotopic (exact) mass is 463 g/mol. The van der Waals surface area contributed by atoms with Crippen molar-refractivity contribution in [3.05, 3.63) is 96.1 Å². The number of rotatable bonds is 7. The second-order valence-electron chi connectivity index (χ2n) is 8.11. The number of benzene rings is 3. The molecule has 1 saturated carbocycles. The number of amides is 1. The largest absolute Gasteiger partial charge is 0.460 e. The Morgan fingerprint density at radius 1 is 0.818 bits per heavy atom. The van der Waals surface area contributed by atoms with Crippen molar-refractivity contribution in [2.45, 2.75) is 41.9 Å². The van der Waals surface area contributed by atoms with Crippen LogP contribution in [-0.4, -0.2) is 25.0 Å². The van der Waals surface area contributed by atoms with E-state index in [0.717, 1.165) is 0 Å². The Kier molecular flexibility index (Phi) is 6.60. The van der Waals surface area contributed by atoms with Gasteiger partial charge in [-0.2, -0.15) is 0 Å². The summed E-state index contributed by atoms with van der Waals surface area (Å²) in [6, 6.07) is 23.9. The first-order valence-electron chi connectivity index (χ1n) is 10.8. The zero-order valence-corrected chi connectivity index (χ0v) is 18.9. The van der Waals surface area contributed by atoms with E-state index in [0.29, 0.717) is 29.7 Å². The van der Waals surface area contributed by atoms with E-state index in [1.165, 1.54) is 12.1 Å². The van der Waals surface area contributed by atoms with Crippen LogP contribution in [0.3, 0.4) is 0 Å². The lowest BCUT2D eigenvalue weighted by atomic mass is 10.1. The Bertz CT molecular complexity index is 1220. The van der Waals surface area contributed by atoms with E-state index in [2.05, 4.69) is 5.32 Å². The van der Waals surface area contributed by atoms with Crippen LogP contribution in [-0.2, 0) is 26.0 Å². The molecule has 6 nitrogen and oxygen atoms in total. The van der Waals surface area contributed by atoms with Gasteiger partial charge < -0.3 is 10.1 Å². The van der Waals surface area contributed by atoms with Crippen LogP contribution in [0.5, 0.6) is 0 Å². The highest BCUT2D eigenvalue weighted by molar-refractivity contribution is 7.93. The van der Waals surface area contributed by atoms with E-state index < -0.39 is 20.6 Å². The summed E-state index contributed by atoms with van der Waals surface area (Å²) in [6.07, 6.45) is 1.82. The molecular formula is C26H25NO5S. The smallest absolute Gasteiger partial charge is 0.328 e. The maximum absolute atomic E-state index is 13.3. The lowest BCUT2D eigenvalue weighted by Crippen LogP contribution is -2.45. The van der Waals surface area contributed by atoms with Gasteiger partial charge in [-0.15, -0.1) is 0 Å². The summed E-state index contributed by atoms with van der Waals surface area (Å²) in [4.78, 5) is 25.6. The van der Waals surface area contributed by atoms with Crippen LogP contribution in [0.15, 0.2) is 89.8 Å². The highest BCUT2D eigenvalue weighted by Crippen LogP contribution is 2.41. The zero-order valence-electron chi connectivity index (χ0n) is 18.1. The van der Waals surface area contributed by atoms with Crippen LogP contribution >= 0.6 is 0 Å². The van der Waals surface area contributed by atoms with Crippen molar-refractivity contribution in [2.24, 2.45) is 0 Å². The molecule has 3 aromatic carbocycles. The number of hydrogen-bond donors (Lipinski definition) is 1. The molecule has 0 spiro atoms. The molecule has 1 aliphatic rings. The fourth-order valence-corrected chi connectivity index (χ4v) is 6.18. The van der Waals surface area contributed by atoms with E-state index >= 15 is 0 Å². The summed E-state index contributed by atoms with van der Waals surface area (Å²) in [5, 5.41) is 2.81. The Morgan fingerprint density at radius 2 is 1.39 bits per heavy atom. The average molecular weight is 464 g/mol. The molecule has 4 rings (SSSR count). The van der Waals surface area contributed by atoms with Crippen LogP contribution < -0.4 is 5.32 Å². The molecule has 7 heteroatoms.